The fraction of sp³-hybridized carbons (Fsp3) is 0.0800. The molecule has 0 bridgehead atoms. The van der Waals surface area contributed by atoms with E-state index in [-0.39, 0.29) is 5.91 Å². The number of pyridine rings is 2. The summed E-state index contributed by atoms with van der Waals surface area (Å²) < 4.78 is 2.17. The van der Waals surface area contributed by atoms with E-state index in [1.165, 1.54) is 0 Å². The average Bonchev–Trinajstić information content (AvgIpc) is 3.11. The van der Waals surface area contributed by atoms with Crippen molar-refractivity contribution in [2.24, 2.45) is 0 Å². The number of amides is 1. The van der Waals surface area contributed by atoms with Gasteiger partial charge in [0.1, 0.15) is 0 Å². The molecule has 5 rings (SSSR count). The highest BCUT2D eigenvalue weighted by molar-refractivity contribution is 5.96. The molecule has 3 heterocycles. The molecular formula is C25H20N4O. The second-order valence-corrected chi connectivity index (χ2v) is 7.26. The van der Waals surface area contributed by atoms with Crippen molar-refractivity contribution in [3.63, 3.8) is 0 Å². The minimum Gasteiger partial charge on any atom is -0.341 e. The molecule has 3 aromatic heterocycles. The number of aromatic nitrogens is 3. The molecule has 0 aliphatic rings. The summed E-state index contributed by atoms with van der Waals surface area (Å²) in [5.74, 6) is -0.0482. The highest BCUT2D eigenvalue weighted by atomic mass is 16.1. The molecule has 0 fully saturated rings. The second kappa shape index (κ2) is 7.79. The maximum Gasteiger partial charge on any atom is 0.228 e. The number of para-hydroxylation sites is 2. The Kier molecular flexibility index (Phi) is 4.69. The second-order valence-electron chi connectivity index (χ2n) is 7.26. The van der Waals surface area contributed by atoms with Crippen LogP contribution in [0, 0.1) is 0 Å². The van der Waals surface area contributed by atoms with Crippen LogP contribution in [0.5, 0.6) is 0 Å². The number of nitrogens with one attached hydrogen (secondary N) is 1. The Balaban J connectivity index is 1.43. The molecule has 0 unspecified atom stereocenters. The summed E-state index contributed by atoms with van der Waals surface area (Å²) in [6.07, 6.45) is 5.70. The number of hydrogen-bond acceptors (Lipinski definition) is 3. The number of anilines is 1. The lowest BCUT2D eigenvalue weighted by molar-refractivity contribution is -0.115. The molecule has 0 saturated carbocycles. The number of fused-ring (bicyclic) bond motifs is 2. The number of carbonyl (C=O) groups excluding carboxylic acids is 1. The van der Waals surface area contributed by atoms with Crippen molar-refractivity contribution in [3.8, 4) is 0 Å². The molecule has 5 nitrogen and oxygen atoms in total. The van der Waals surface area contributed by atoms with Gasteiger partial charge in [-0.1, -0.05) is 42.5 Å². The molecule has 0 saturated heterocycles. The first-order valence-corrected chi connectivity index (χ1v) is 9.87. The number of rotatable bonds is 5. The number of hydrogen-bond donors (Lipinski definition) is 1. The van der Waals surface area contributed by atoms with Gasteiger partial charge in [0.05, 0.1) is 24.2 Å². The van der Waals surface area contributed by atoms with Crippen LogP contribution in [0.25, 0.3) is 21.8 Å². The summed E-state index contributed by atoms with van der Waals surface area (Å²) in [5, 5.41) is 5.15. The van der Waals surface area contributed by atoms with E-state index in [0.29, 0.717) is 13.0 Å². The van der Waals surface area contributed by atoms with Gasteiger partial charge in [-0.3, -0.25) is 14.8 Å². The molecule has 30 heavy (non-hydrogen) atoms. The summed E-state index contributed by atoms with van der Waals surface area (Å²) in [6.45, 7) is 0.650. The maximum atomic E-state index is 12.6. The standard InChI is InChI=1S/C25H20N4O/c30-25(28-20-11-13-26-14-12-20)15-19-16-29(24-8-4-2-6-22(19)24)17-21-10-9-18-5-1-3-7-23(18)27-21/h1-14,16H,15,17H2,(H,26,28,30). The predicted molar refractivity (Wildman–Crippen MR) is 119 cm³/mol. The first-order valence-electron chi connectivity index (χ1n) is 9.87. The molecule has 146 valence electrons. The van der Waals surface area contributed by atoms with Crippen molar-refractivity contribution in [1.29, 1.82) is 0 Å². The minimum atomic E-state index is -0.0482. The quantitative estimate of drug-likeness (QED) is 0.467. The van der Waals surface area contributed by atoms with Gasteiger partial charge in [0.25, 0.3) is 0 Å². The van der Waals surface area contributed by atoms with Crippen LogP contribution in [0.15, 0.2) is 91.4 Å². The zero-order valence-corrected chi connectivity index (χ0v) is 16.3. The summed E-state index contributed by atoms with van der Waals surface area (Å²) in [4.78, 5) is 21.4. The lowest BCUT2D eigenvalue weighted by Crippen LogP contribution is -2.14. The Labute approximate surface area is 174 Å². The normalized spacial score (nSPS) is 11.1. The van der Waals surface area contributed by atoms with Crippen LogP contribution in [-0.2, 0) is 17.8 Å². The van der Waals surface area contributed by atoms with Crippen LogP contribution in [0.3, 0.4) is 0 Å². The van der Waals surface area contributed by atoms with Crippen LogP contribution in [0.2, 0.25) is 0 Å². The van der Waals surface area contributed by atoms with Crippen LogP contribution < -0.4 is 5.32 Å². The molecular weight excluding hydrogens is 372 g/mol. The lowest BCUT2D eigenvalue weighted by atomic mass is 10.1. The van der Waals surface area contributed by atoms with E-state index in [2.05, 4.69) is 51.4 Å². The van der Waals surface area contributed by atoms with Gasteiger partial charge < -0.3 is 9.88 Å². The smallest absolute Gasteiger partial charge is 0.228 e. The molecule has 5 heteroatoms. The summed E-state index contributed by atoms with van der Waals surface area (Å²) in [5.41, 5.74) is 4.82. The first kappa shape index (κ1) is 18.1. The van der Waals surface area contributed by atoms with E-state index >= 15 is 0 Å². The van der Waals surface area contributed by atoms with Gasteiger partial charge >= 0.3 is 0 Å². The summed E-state index contributed by atoms with van der Waals surface area (Å²) >= 11 is 0. The van der Waals surface area contributed by atoms with Gasteiger partial charge in [-0.2, -0.15) is 0 Å². The Morgan fingerprint density at radius 1 is 0.900 bits per heavy atom. The van der Waals surface area contributed by atoms with Crippen LogP contribution in [0.4, 0.5) is 5.69 Å². The third kappa shape index (κ3) is 3.65. The van der Waals surface area contributed by atoms with Crippen LogP contribution in [-0.4, -0.2) is 20.4 Å². The van der Waals surface area contributed by atoms with E-state index < -0.39 is 0 Å². The average molecular weight is 392 g/mol. The topological polar surface area (TPSA) is 59.8 Å². The molecule has 2 aromatic carbocycles. The van der Waals surface area contributed by atoms with Gasteiger partial charge in [-0.05, 0) is 35.9 Å². The third-order valence-electron chi connectivity index (χ3n) is 5.17. The van der Waals surface area contributed by atoms with Crippen molar-refractivity contribution >= 4 is 33.4 Å². The Morgan fingerprint density at radius 3 is 2.60 bits per heavy atom. The van der Waals surface area contributed by atoms with Crippen molar-refractivity contribution in [2.75, 3.05) is 5.32 Å². The van der Waals surface area contributed by atoms with E-state index in [4.69, 9.17) is 4.98 Å². The SMILES string of the molecule is O=C(Cc1cn(Cc2ccc3ccccc3n2)c2ccccc12)Nc1ccncc1. The lowest BCUT2D eigenvalue weighted by Gasteiger charge is -2.06. The zero-order valence-electron chi connectivity index (χ0n) is 16.3. The molecule has 1 amide bonds. The predicted octanol–water partition coefficient (Wildman–Crippen LogP) is 4.81. The third-order valence-corrected chi connectivity index (χ3v) is 5.17. The van der Waals surface area contributed by atoms with Crippen molar-refractivity contribution in [3.05, 3.63) is 103 Å². The monoisotopic (exact) mass is 392 g/mol. The summed E-state index contributed by atoms with van der Waals surface area (Å²) in [6, 6.07) is 24.0. The van der Waals surface area contributed by atoms with Gasteiger partial charge in [-0.25, -0.2) is 0 Å². The molecule has 0 spiro atoms. The summed E-state index contributed by atoms with van der Waals surface area (Å²) in [7, 11) is 0. The molecule has 0 atom stereocenters. The van der Waals surface area contributed by atoms with E-state index in [1.807, 2.05) is 30.3 Å². The maximum absolute atomic E-state index is 12.6. The van der Waals surface area contributed by atoms with Gasteiger partial charge in [0, 0.05) is 40.6 Å². The molecule has 1 N–H and O–H groups in total. The minimum absolute atomic E-state index is 0.0482. The van der Waals surface area contributed by atoms with Crippen LogP contribution in [0.1, 0.15) is 11.3 Å². The van der Waals surface area contributed by atoms with Crippen molar-refractivity contribution in [1.82, 2.24) is 14.5 Å². The van der Waals surface area contributed by atoms with Gasteiger partial charge in [0.2, 0.25) is 5.91 Å². The van der Waals surface area contributed by atoms with Crippen molar-refractivity contribution < 1.29 is 4.79 Å². The highest BCUT2D eigenvalue weighted by Gasteiger charge is 2.13. The van der Waals surface area contributed by atoms with Crippen molar-refractivity contribution in [2.45, 2.75) is 13.0 Å². The molecule has 0 aliphatic carbocycles. The van der Waals surface area contributed by atoms with E-state index in [1.54, 1.807) is 24.5 Å². The highest BCUT2D eigenvalue weighted by Crippen LogP contribution is 2.23. The fourth-order valence-corrected chi connectivity index (χ4v) is 3.78. The molecule has 0 radical (unpaired) electrons. The van der Waals surface area contributed by atoms with E-state index in [9.17, 15) is 4.79 Å². The number of nitrogens with zero attached hydrogens (tertiary/aromatic N) is 3. The number of carbonyl (C=O) groups is 1. The Hall–Kier alpha value is -3.99. The Bertz CT molecular complexity index is 1340. The zero-order chi connectivity index (χ0) is 20.3. The van der Waals surface area contributed by atoms with Gasteiger partial charge in [-0.15, -0.1) is 0 Å². The van der Waals surface area contributed by atoms with Gasteiger partial charge in [0.15, 0.2) is 0 Å². The Morgan fingerprint density at radius 2 is 1.70 bits per heavy atom. The fourth-order valence-electron chi connectivity index (χ4n) is 3.78. The van der Waals surface area contributed by atoms with E-state index in [0.717, 1.165) is 38.8 Å². The molecule has 5 aromatic rings. The largest absolute Gasteiger partial charge is 0.341 e. The number of benzene rings is 2. The first-order chi connectivity index (χ1) is 14.8. The van der Waals surface area contributed by atoms with Crippen LogP contribution >= 0.6 is 0 Å². The molecule has 0 aliphatic heterocycles.